The van der Waals surface area contributed by atoms with Gasteiger partial charge in [0.2, 0.25) is 5.88 Å². The van der Waals surface area contributed by atoms with Crippen LogP contribution < -0.4 is 10.5 Å². The molecule has 0 saturated heterocycles. The van der Waals surface area contributed by atoms with Gasteiger partial charge < -0.3 is 10.5 Å². The highest BCUT2D eigenvalue weighted by Crippen LogP contribution is 2.34. The summed E-state index contributed by atoms with van der Waals surface area (Å²) in [4.78, 5) is 8.83. The van der Waals surface area contributed by atoms with E-state index < -0.39 is 0 Å². The highest BCUT2D eigenvalue weighted by atomic mass is 32.1. The molecule has 4 aromatic rings. The minimum Gasteiger partial charge on any atom is -0.439 e. The molecular formula is C21H18N6OS. The van der Waals surface area contributed by atoms with Crippen molar-refractivity contribution >= 4 is 11.3 Å². The molecule has 8 heteroatoms. The topological polar surface area (TPSA) is 103 Å². The van der Waals surface area contributed by atoms with E-state index in [9.17, 15) is 5.26 Å². The van der Waals surface area contributed by atoms with Gasteiger partial charge in [-0.25, -0.2) is 9.67 Å². The van der Waals surface area contributed by atoms with Crippen LogP contribution in [0.1, 0.15) is 11.1 Å². The fourth-order valence-corrected chi connectivity index (χ4v) is 3.49. The third-order valence-electron chi connectivity index (χ3n) is 4.35. The van der Waals surface area contributed by atoms with Gasteiger partial charge in [0.15, 0.2) is 0 Å². The molecule has 0 amide bonds. The van der Waals surface area contributed by atoms with Crippen LogP contribution in [0.25, 0.3) is 22.0 Å². The lowest BCUT2D eigenvalue weighted by atomic mass is 10.1. The van der Waals surface area contributed by atoms with Gasteiger partial charge in [0.05, 0.1) is 17.3 Å². The molecule has 29 heavy (non-hydrogen) atoms. The molecule has 144 valence electrons. The molecule has 7 nitrogen and oxygen atoms in total. The van der Waals surface area contributed by atoms with Gasteiger partial charge in [-0.15, -0.1) is 11.3 Å². The highest BCUT2D eigenvalue weighted by Gasteiger charge is 2.15. The Balaban J connectivity index is 1.71. The van der Waals surface area contributed by atoms with E-state index in [1.807, 2.05) is 35.8 Å². The zero-order chi connectivity index (χ0) is 20.2. The lowest BCUT2D eigenvalue weighted by molar-refractivity contribution is 0.432. The molecule has 0 aliphatic rings. The quantitative estimate of drug-likeness (QED) is 0.527. The number of pyridine rings is 1. The number of aromatic nitrogens is 4. The smallest absolute Gasteiger partial charge is 0.218 e. The molecule has 0 atom stereocenters. The molecule has 0 radical (unpaired) electrons. The first-order valence-electron chi connectivity index (χ1n) is 8.99. The summed E-state index contributed by atoms with van der Waals surface area (Å²) in [6, 6.07) is 13.2. The van der Waals surface area contributed by atoms with E-state index in [1.165, 1.54) is 11.3 Å². The van der Waals surface area contributed by atoms with Gasteiger partial charge in [-0.3, -0.25) is 4.98 Å². The summed E-state index contributed by atoms with van der Waals surface area (Å²) in [5, 5.41) is 16.5. The van der Waals surface area contributed by atoms with Crippen molar-refractivity contribution in [1.29, 1.82) is 5.26 Å². The molecule has 0 unspecified atom stereocenters. The zero-order valence-electron chi connectivity index (χ0n) is 15.7. The van der Waals surface area contributed by atoms with Crippen molar-refractivity contribution < 1.29 is 4.74 Å². The highest BCUT2D eigenvalue weighted by molar-refractivity contribution is 7.13. The van der Waals surface area contributed by atoms with Gasteiger partial charge in [0, 0.05) is 36.5 Å². The largest absolute Gasteiger partial charge is 0.439 e. The Morgan fingerprint density at radius 2 is 2.07 bits per heavy atom. The number of thiazole rings is 1. The van der Waals surface area contributed by atoms with E-state index in [0.29, 0.717) is 23.7 Å². The third-order valence-corrected chi connectivity index (χ3v) is 5.14. The molecule has 0 saturated carbocycles. The average molecular weight is 402 g/mol. The minimum absolute atomic E-state index is 0.505. The van der Waals surface area contributed by atoms with Crippen LogP contribution in [0.15, 0.2) is 54.2 Å². The molecule has 3 aromatic heterocycles. The predicted molar refractivity (Wildman–Crippen MR) is 112 cm³/mol. The van der Waals surface area contributed by atoms with Gasteiger partial charge in [-0.05, 0) is 42.8 Å². The standard InChI is InChI=1S/C21H18N6OS/c1-27-20(11-18(26-27)21-24-8-9-29-21)28-19-10-15(12-23)2-4-16(19)17-5-3-14(6-7-22)13-25-17/h2-5,8-11,13H,6-7,22H2,1H3. The van der Waals surface area contributed by atoms with Crippen LogP contribution in [0.2, 0.25) is 0 Å². The van der Waals surface area contributed by atoms with E-state index in [-0.39, 0.29) is 0 Å². The molecule has 0 aliphatic carbocycles. The second-order valence-electron chi connectivity index (χ2n) is 6.34. The maximum Gasteiger partial charge on any atom is 0.218 e. The molecule has 0 bridgehead atoms. The van der Waals surface area contributed by atoms with Crippen LogP contribution in [0.5, 0.6) is 11.6 Å². The summed E-state index contributed by atoms with van der Waals surface area (Å²) >= 11 is 1.51. The summed E-state index contributed by atoms with van der Waals surface area (Å²) in [5.41, 5.74) is 9.48. The number of benzene rings is 1. The van der Waals surface area contributed by atoms with Crippen molar-refractivity contribution in [2.45, 2.75) is 6.42 Å². The monoisotopic (exact) mass is 402 g/mol. The van der Waals surface area contributed by atoms with Crippen molar-refractivity contribution in [3.05, 3.63) is 65.3 Å². The molecular weight excluding hydrogens is 384 g/mol. The van der Waals surface area contributed by atoms with Gasteiger partial charge in [0.1, 0.15) is 16.5 Å². The Labute approximate surface area is 172 Å². The van der Waals surface area contributed by atoms with Gasteiger partial charge in [0.25, 0.3) is 0 Å². The van der Waals surface area contributed by atoms with E-state index in [4.69, 9.17) is 10.5 Å². The Kier molecular flexibility index (Phi) is 5.33. The molecule has 4 rings (SSSR count). The minimum atomic E-state index is 0.505. The first-order chi connectivity index (χ1) is 14.2. The summed E-state index contributed by atoms with van der Waals surface area (Å²) in [6.45, 7) is 0.578. The van der Waals surface area contributed by atoms with Crippen LogP contribution in [-0.2, 0) is 13.5 Å². The summed E-state index contributed by atoms with van der Waals surface area (Å²) in [7, 11) is 1.81. The molecule has 1 aromatic carbocycles. The van der Waals surface area contributed by atoms with Crippen LogP contribution in [0, 0.1) is 11.3 Å². The number of hydrogen-bond donors (Lipinski definition) is 1. The Hall–Kier alpha value is -3.54. The van der Waals surface area contributed by atoms with Crippen LogP contribution in [0.4, 0.5) is 0 Å². The van der Waals surface area contributed by atoms with E-state index in [2.05, 4.69) is 21.1 Å². The Morgan fingerprint density at radius 3 is 2.76 bits per heavy atom. The SMILES string of the molecule is Cn1nc(-c2nccs2)cc1Oc1cc(C#N)ccc1-c1ccc(CCN)cn1. The number of rotatable bonds is 6. The Morgan fingerprint density at radius 1 is 1.17 bits per heavy atom. The first kappa shape index (κ1) is 18.8. The number of hydrogen-bond acceptors (Lipinski definition) is 7. The fraction of sp³-hybridized carbons (Fsp3) is 0.143. The normalized spacial score (nSPS) is 10.7. The van der Waals surface area contributed by atoms with Crippen molar-refractivity contribution in [2.75, 3.05) is 6.54 Å². The van der Waals surface area contributed by atoms with Crippen molar-refractivity contribution in [3.8, 4) is 39.7 Å². The summed E-state index contributed by atoms with van der Waals surface area (Å²) in [6.07, 6.45) is 4.33. The van der Waals surface area contributed by atoms with Gasteiger partial charge in [-0.1, -0.05) is 6.07 Å². The number of aryl methyl sites for hydroxylation is 1. The second-order valence-corrected chi connectivity index (χ2v) is 7.24. The molecule has 0 aliphatic heterocycles. The van der Waals surface area contributed by atoms with Crippen LogP contribution in [0.3, 0.4) is 0 Å². The fourth-order valence-electron chi connectivity index (χ4n) is 2.90. The summed E-state index contributed by atoms with van der Waals surface area (Å²) < 4.78 is 7.81. The Bertz CT molecular complexity index is 1160. The summed E-state index contributed by atoms with van der Waals surface area (Å²) in [5.74, 6) is 1.09. The maximum absolute atomic E-state index is 9.31. The zero-order valence-corrected chi connectivity index (χ0v) is 16.6. The lowest BCUT2D eigenvalue weighted by Crippen LogP contribution is -2.03. The van der Waals surface area contributed by atoms with Crippen LogP contribution in [-0.4, -0.2) is 26.3 Å². The molecule has 2 N–H and O–H groups in total. The van der Waals surface area contributed by atoms with E-state index in [0.717, 1.165) is 33.9 Å². The average Bonchev–Trinajstić information content (AvgIpc) is 3.39. The van der Waals surface area contributed by atoms with Crippen molar-refractivity contribution in [3.63, 3.8) is 0 Å². The number of nitrogens with two attached hydrogens (primary N) is 1. The third kappa shape index (κ3) is 4.01. The van der Waals surface area contributed by atoms with Crippen molar-refractivity contribution in [2.24, 2.45) is 12.8 Å². The van der Waals surface area contributed by atoms with Gasteiger partial charge >= 0.3 is 0 Å². The predicted octanol–water partition coefficient (Wildman–Crippen LogP) is 3.77. The first-order valence-corrected chi connectivity index (χ1v) is 9.87. The van der Waals surface area contributed by atoms with E-state index in [1.54, 1.807) is 30.1 Å². The second kappa shape index (κ2) is 8.22. The molecule has 0 spiro atoms. The number of ether oxygens (including phenoxy) is 1. The van der Waals surface area contributed by atoms with Gasteiger partial charge in [-0.2, -0.15) is 10.4 Å². The number of nitrogens with zero attached hydrogens (tertiary/aromatic N) is 5. The number of nitriles is 1. The molecule has 3 heterocycles. The van der Waals surface area contributed by atoms with E-state index >= 15 is 0 Å². The van der Waals surface area contributed by atoms with Crippen LogP contribution >= 0.6 is 11.3 Å². The van der Waals surface area contributed by atoms with Crippen molar-refractivity contribution in [1.82, 2.24) is 19.7 Å². The lowest BCUT2D eigenvalue weighted by Gasteiger charge is -2.11. The molecule has 0 fully saturated rings. The maximum atomic E-state index is 9.31.